The lowest BCUT2D eigenvalue weighted by Gasteiger charge is -2.17. The van der Waals surface area contributed by atoms with E-state index in [9.17, 15) is 4.79 Å². The maximum Gasteiger partial charge on any atom is 0.239 e. The van der Waals surface area contributed by atoms with E-state index >= 15 is 0 Å². The summed E-state index contributed by atoms with van der Waals surface area (Å²) in [6.45, 7) is 2.20. The van der Waals surface area contributed by atoms with Crippen molar-refractivity contribution in [3.63, 3.8) is 0 Å². The van der Waals surface area contributed by atoms with E-state index in [0.717, 1.165) is 5.69 Å². The summed E-state index contributed by atoms with van der Waals surface area (Å²) in [6, 6.07) is 7.64. The second-order valence-electron chi connectivity index (χ2n) is 3.68. The molecule has 0 bridgehead atoms. The van der Waals surface area contributed by atoms with Crippen molar-refractivity contribution in [3.8, 4) is 6.07 Å². The standard InChI is InChI=1S/C12H15N3O/c1-10(9-13)12(16)15(2)8-6-11-5-3-4-7-14-11/h3-5,7,10H,6,8H2,1-2H3. The molecular weight excluding hydrogens is 202 g/mol. The SMILES string of the molecule is CC(C#N)C(=O)N(C)CCc1ccccn1. The minimum atomic E-state index is -0.575. The van der Waals surface area contributed by atoms with Crippen LogP contribution in [0.4, 0.5) is 0 Å². The monoisotopic (exact) mass is 217 g/mol. The molecule has 0 saturated carbocycles. The lowest BCUT2D eigenvalue weighted by atomic mass is 10.2. The predicted molar refractivity (Wildman–Crippen MR) is 60.4 cm³/mol. The van der Waals surface area contributed by atoms with Crippen LogP contribution >= 0.6 is 0 Å². The fourth-order valence-corrected chi connectivity index (χ4v) is 1.32. The summed E-state index contributed by atoms with van der Waals surface area (Å²) in [5.41, 5.74) is 0.951. The lowest BCUT2D eigenvalue weighted by molar-refractivity contribution is -0.131. The third-order valence-electron chi connectivity index (χ3n) is 2.37. The summed E-state index contributed by atoms with van der Waals surface area (Å²) < 4.78 is 0. The van der Waals surface area contributed by atoms with E-state index in [0.29, 0.717) is 13.0 Å². The Hall–Kier alpha value is -1.89. The van der Waals surface area contributed by atoms with E-state index in [1.165, 1.54) is 0 Å². The van der Waals surface area contributed by atoms with Crippen molar-refractivity contribution in [1.82, 2.24) is 9.88 Å². The van der Waals surface area contributed by atoms with Crippen molar-refractivity contribution in [2.45, 2.75) is 13.3 Å². The van der Waals surface area contributed by atoms with Gasteiger partial charge in [0.15, 0.2) is 0 Å². The third kappa shape index (κ3) is 3.35. The molecule has 1 amide bonds. The lowest BCUT2D eigenvalue weighted by Crippen LogP contribution is -2.32. The van der Waals surface area contributed by atoms with Gasteiger partial charge in [-0.15, -0.1) is 0 Å². The molecule has 0 N–H and O–H groups in total. The summed E-state index contributed by atoms with van der Waals surface area (Å²) in [5.74, 6) is -0.716. The third-order valence-corrected chi connectivity index (χ3v) is 2.37. The molecule has 0 radical (unpaired) electrons. The van der Waals surface area contributed by atoms with E-state index < -0.39 is 5.92 Å². The van der Waals surface area contributed by atoms with Crippen LogP contribution in [-0.2, 0) is 11.2 Å². The van der Waals surface area contributed by atoms with Crippen molar-refractivity contribution >= 4 is 5.91 Å². The van der Waals surface area contributed by atoms with E-state index in [1.54, 1.807) is 25.1 Å². The van der Waals surface area contributed by atoms with Gasteiger partial charge in [-0.3, -0.25) is 9.78 Å². The van der Waals surface area contributed by atoms with Gasteiger partial charge >= 0.3 is 0 Å². The topological polar surface area (TPSA) is 57.0 Å². The zero-order valence-electron chi connectivity index (χ0n) is 9.55. The number of carbonyl (C=O) groups is 1. The number of nitrogens with zero attached hydrogens (tertiary/aromatic N) is 3. The summed E-state index contributed by atoms with van der Waals surface area (Å²) in [6.07, 6.45) is 2.44. The van der Waals surface area contributed by atoms with Crippen molar-refractivity contribution in [3.05, 3.63) is 30.1 Å². The average Bonchev–Trinajstić information content (AvgIpc) is 2.35. The molecule has 1 aromatic heterocycles. The van der Waals surface area contributed by atoms with Gasteiger partial charge < -0.3 is 4.90 Å². The van der Waals surface area contributed by atoms with Gasteiger partial charge in [0.25, 0.3) is 0 Å². The molecule has 0 saturated heterocycles. The Labute approximate surface area is 95.5 Å². The van der Waals surface area contributed by atoms with Gasteiger partial charge in [-0.25, -0.2) is 0 Å². The Morgan fingerprint density at radius 1 is 1.62 bits per heavy atom. The molecule has 4 heteroatoms. The summed E-state index contributed by atoms with van der Waals surface area (Å²) in [7, 11) is 1.71. The van der Waals surface area contributed by atoms with E-state index in [1.807, 2.05) is 24.3 Å². The number of aromatic nitrogens is 1. The highest BCUT2D eigenvalue weighted by atomic mass is 16.2. The summed E-state index contributed by atoms with van der Waals surface area (Å²) >= 11 is 0. The van der Waals surface area contributed by atoms with Crippen LogP contribution in [0.2, 0.25) is 0 Å². The zero-order valence-corrected chi connectivity index (χ0v) is 9.55. The second-order valence-corrected chi connectivity index (χ2v) is 3.68. The molecule has 0 spiro atoms. The van der Waals surface area contributed by atoms with Gasteiger partial charge in [0.1, 0.15) is 5.92 Å². The van der Waals surface area contributed by atoms with Crippen molar-refractivity contribution in [2.24, 2.45) is 5.92 Å². The molecule has 0 fully saturated rings. The summed E-state index contributed by atoms with van der Waals surface area (Å²) in [5, 5.41) is 8.63. The Morgan fingerprint density at radius 3 is 2.94 bits per heavy atom. The molecule has 1 rings (SSSR count). The maximum atomic E-state index is 11.6. The van der Waals surface area contributed by atoms with Gasteiger partial charge in [-0.1, -0.05) is 6.07 Å². The number of amides is 1. The minimum absolute atomic E-state index is 0.140. The van der Waals surface area contributed by atoms with Gasteiger partial charge in [0.05, 0.1) is 6.07 Å². The molecule has 1 heterocycles. The Morgan fingerprint density at radius 2 is 2.38 bits per heavy atom. The number of hydrogen-bond donors (Lipinski definition) is 0. The van der Waals surface area contributed by atoms with Gasteiger partial charge in [0, 0.05) is 31.9 Å². The van der Waals surface area contributed by atoms with Crippen molar-refractivity contribution in [2.75, 3.05) is 13.6 Å². The van der Waals surface area contributed by atoms with Crippen molar-refractivity contribution < 1.29 is 4.79 Å². The normalized spacial score (nSPS) is 11.6. The van der Waals surface area contributed by atoms with E-state index in [-0.39, 0.29) is 5.91 Å². The number of hydrogen-bond acceptors (Lipinski definition) is 3. The summed E-state index contributed by atoms with van der Waals surface area (Å²) in [4.78, 5) is 17.3. The van der Waals surface area contributed by atoms with E-state index in [4.69, 9.17) is 5.26 Å². The number of likely N-dealkylation sites (N-methyl/N-ethyl adjacent to an activating group) is 1. The van der Waals surface area contributed by atoms with Crippen LogP contribution in [0.1, 0.15) is 12.6 Å². The smallest absolute Gasteiger partial charge is 0.239 e. The highest BCUT2D eigenvalue weighted by Crippen LogP contribution is 2.01. The first-order valence-electron chi connectivity index (χ1n) is 5.19. The molecule has 0 aliphatic carbocycles. The fourth-order valence-electron chi connectivity index (χ4n) is 1.32. The average molecular weight is 217 g/mol. The van der Waals surface area contributed by atoms with E-state index in [2.05, 4.69) is 4.98 Å². The largest absolute Gasteiger partial charge is 0.344 e. The van der Waals surface area contributed by atoms with Crippen LogP contribution in [-0.4, -0.2) is 29.4 Å². The molecule has 1 aromatic rings. The molecular formula is C12H15N3O. The zero-order chi connectivity index (χ0) is 12.0. The van der Waals surface area contributed by atoms with Crippen LogP contribution in [0.25, 0.3) is 0 Å². The Kier molecular flexibility index (Phi) is 4.46. The number of carbonyl (C=O) groups excluding carboxylic acids is 1. The molecule has 0 aromatic carbocycles. The number of rotatable bonds is 4. The molecule has 1 atom stereocenters. The van der Waals surface area contributed by atoms with Crippen LogP contribution in [0.5, 0.6) is 0 Å². The minimum Gasteiger partial charge on any atom is -0.344 e. The highest BCUT2D eigenvalue weighted by Gasteiger charge is 2.16. The molecule has 84 valence electrons. The highest BCUT2D eigenvalue weighted by molar-refractivity contribution is 5.80. The maximum absolute atomic E-state index is 11.6. The molecule has 1 unspecified atom stereocenters. The molecule has 16 heavy (non-hydrogen) atoms. The van der Waals surface area contributed by atoms with Crippen LogP contribution in [0, 0.1) is 17.2 Å². The second kappa shape index (κ2) is 5.86. The Bertz CT molecular complexity index is 383. The quantitative estimate of drug-likeness (QED) is 0.762. The van der Waals surface area contributed by atoms with Gasteiger partial charge in [0.2, 0.25) is 5.91 Å². The van der Waals surface area contributed by atoms with Crippen molar-refractivity contribution in [1.29, 1.82) is 5.26 Å². The first-order chi connectivity index (χ1) is 7.65. The van der Waals surface area contributed by atoms with Gasteiger partial charge in [-0.05, 0) is 19.1 Å². The first kappa shape index (κ1) is 12.2. The fraction of sp³-hybridized carbons (Fsp3) is 0.417. The Balaban J connectivity index is 2.45. The molecule has 0 aliphatic rings. The van der Waals surface area contributed by atoms with Crippen LogP contribution in [0.3, 0.4) is 0 Å². The predicted octanol–water partition coefficient (Wildman–Crippen LogP) is 1.24. The van der Waals surface area contributed by atoms with Crippen LogP contribution < -0.4 is 0 Å². The number of nitriles is 1. The van der Waals surface area contributed by atoms with Crippen LogP contribution in [0.15, 0.2) is 24.4 Å². The number of pyridine rings is 1. The first-order valence-corrected chi connectivity index (χ1v) is 5.19. The molecule has 0 aliphatic heterocycles. The molecule has 4 nitrogen and oxygen atoms in total. The van der Waals surface area contributed by atoms with Gasteiger partial charge in [-0.2, -0.15) is 5.26 Å².